The number of rotatable bonds is 4. The van der Waals surface area contributed by atoms with Gasteiger partial charge in [-0.15, -0.1) is 0 Å². The van der Waals surface area contributed by atoms with E-state index in [0.717, 1.165) is 6.54 Å². The predicted octanol–water partition coefficient (Wildman–Crippen LogP) is 0.299. The zero-order chi connectivity index (χ0) is 8.69. The van der Waals surface area contributed by atoms with Gasteiger partial charge in [0.15, 0.2) is 0 Å². The molecule has 0 fully saturated rings. The molecule has 0 aromatic rings. The zero-order valence-corrected chi connectivity index (χ0v) is 7.17. The summed E-state index contributed by atoms with van der Waals surface area (Å²) in [7, 11) is 0. The van der Waals surface area contributed by atoms with Crippen molar-refractivity contribution in [2.75, 3.05) is 6.54 Å². The summed E-state index contributed by atoms with van der Waals surface area (Å²) in [4.78, 5) is 0. The van der Waals surface area contributed by atoms with Crippen LogP contribution in [-0.2, 0) is 0 Å². The maximum atomic E-state index is 5.54. The molecule has 64 valence electrons. The lowest BCUT2D eigenvalue weighted by Gasteiger charge is -2.03. The Balaban J connectivity index is 3.56. The largest absolute Gasteiger partial charge is 0.398 e. The van der Waals surface area contributed by atoms with Gasteiger partial charge in [-0.3, -0.25) is 0 Å². The first-order valence-electron chi connectivity index (χ1n) is 3.74. The maximum absolute atomic E-state index is 5.54. The van der Waals surface area contributed by atoms with Gasteiger partial charge in [0.2, 0.25) is 0 Å². The molecule has 0 aromatic heterocycles. The minimum atomic E-state index is 0.157. The van der Waals surface area contributed by atoms with E-state index in [4.69, 9.17) is 11.5 Å². The van der Waals surface area contributed by atoms with Crippen LogP contribution in [0.2, 0.25) is 0 Å². The molecule has 0 rings (SSSR count). The Labute approximate surface area is 68.1 Å². The highest BCUT2D eigenvalue weighted by Crippen LogP contribution is 1.83. The SMILES string of the molecule is C/C=C/C(N)=C\NCC(C)N. The van der Waals surface area contributed by atoms with Gasteiger partial charge in [0.25, 0.3) is 0 Å². The van der Waals surface area contributed by atoms with Crippen LogP contribution in [0, 0.1) is 0 Å². The highest BCUT2D eigenvalue weighted by atomic mass is 14.9. The lowest BCUT2D eigenvalue weighted by molar-refractivity contribution is 0.685. The summed E-state index contributed by atoms with van der Waals surface area (Å²) < 4.78 is 0. The molecule has 0 bridgehead atoms. The summed E-state index contributed by atoms with van der Waals surface area (Å²) in [6.07, 6.45) is 5.47. The Kier molecular flexibility index (Phi) is 5.29. The molecular weight excluding hydrogens is 138 g/mol. The monoisotopic (exact) mass is 155 g/mol. The summed E-state index contributed by atoms with van der Waals surface area (Å²) in [5.74, 6) is 0. The molecule has 0 saturated heterocycles. The van der Waals surface area contributed by atoms with Gasteiger partial charge < -0.3 is 16.8 Å². The van der Waals surface area contributed by atoms with E-state index in [9.17, 15) is 0 Å². The number of nitrogens with one attached hydrogen (secondary N) is 1. The van der Waals surface area contributed by atoms with E-state index in [1.54, 1.807) is 6.20 Å². The summed E-state index contributed by atoms with van der Waals surface area (Å²) >= 11 is 0. The summed E-state index contributed by atoms with van der Waals surface area (Å²) in [6.45, 7) is 4.61. The van der Waals surface area contributed by atoms with E-state index in [-0.39, 0.29) is 6.04 Å². The average molecular weight is 155 g/mol. The molecule has 0 spiro atoms. The van der Waals surface area contributed by atoms with Crippen LogP contribution in [0.4, 0.5) is 0 Å². The van der Waals surface area contributed by atoms with Crippen LogP contribution in [0.15, 0.2) is 24.0 Å². The van der Waals surface area contributed by atoms with Crippen LogP contribution >= 0.6 is 0 Å². The first kappa shape index (κ1) is 10.0. The van der Waals surface area contributed by atoms with Crippen molar-refractivity contribution in [1.82, 2.24) is 5.32 Å². The molecule has 0 aliphatic heterocycles. The van der Waals surface area contributed by atoms with Crippen molar-refractivity contribution in [3.05, 3.63) is 24.0 Å². The molecule has 0 aliphatic rings. The third-order valence-corrected chi connectivity index (χ3v) is 1.07. The highest BCUT2D eigenvalue weighted by molar-refractivity contribution is 5.12. The van der Waals surface area contributed by atoms with Gasteiger partial charge in [0.1, 0.15) is 0 Å². The predicted molar refractivity (Wildman–Crippen MR) is 48.7 cm³/mol. The lowest BCUT2D eigenvalue weighted by atomic mass is 10.3. The van der Waals surface area contributed by atoms with Crippen LogP contribution in [0.5, 0.6) is 0 Å². The molecule has 0 saturated carbocycles. The van der Waals surface area contributed by atoms with E-state index < -0.39 is 0 Å². The molecule has 0 amide bonds. The quantitative estimate of drug-likeness (QED) is 0.512. The topological polar surface area (TPSA) is 64.1 Å². The van der Waals surface area contributed by atoms with Gasteiger partial charge in [-0.2, -0.15) is 0 Å². The standard InChI is InChI=1S/C8H17N3/c1-3-4-8(10)6-11-5-7(2)9/h3-4,6-7,11H,5,9-10H2,1-2H3/b4-3+,8-6+. The Morgan fingerprint density at radius 2 is 2.27 bits per heavy atom. The van der Waals surface area contributed by atoms with Gasteiger partial charge >= 0.3 is 0 Å². The number of hydrogen-bond acceptors (Lipinski definition) is 3. The summed E-state index contributed by atoms with van der Waals surface area (Å²) in [6, 6.07) is 0.157. The van der Waals surface area contributed by atoms with Gasteiger partial charge in [0.05, 0.1) is 0 Å². The summed E-state index contributed by atoms with van der Waals surface area (Å²) in [5, 5.41) is 3.01. The van der Waals surface area contributed by atoms with Crippen LogP contribution in [-0.4, -0.2) is 12.6 Å². The van der Waals surface area contributed by atoms with Gasteiger partial charge in [-0.1, -0.05) is 6.08 Å². The second-order valence-corrected chi connectivity index (χ2v) is 2.53. The first-order valence-corrected chi connectivity index (χ1v) is 3.74. The Morgan fingerprint density at radius 1 is 1.64 bits per heavy atom. The molecule has 0 aromatic carbocycles. The molecule has 11 heavy (non-hydrogen) atoms. The lowest BCUT2D eigenvalue weighted by Crippen LogP contribution is -2.28. The normalized spacial score (nSPS) is 15.4. The minimum absolute atomic E-state index is 0.157. The van der Waals surface area contributed by atoms with Crippen LogP contribution in [0.3, 0.4) is 0 Å². The molecule has 0 aliphatic carbocycles. The molecular formula is C8H17N3. The van der Waals surface area contributed by atoms with E-state index in [1.165, 1.54) is 0 Å². The molecule has 1 unspecified atom stereocenters. The fraction of sp³-hybridized carbons (Fsp3) is 0.500. The van der Waals surface area contributed by atoms with Crippen LogP contribution < -0.4 is 16.8 Å². The van der Waals surface area contributed by atoms with Crippen molar-refractivity contribution in [3.63, 3.8) is 0 Å². The second-order valence-electron chi connectivity index (χ2n) is 2.53. The Bertz CT molecular complexity index is 147. The fourth-order valence-electron chi connectivity index (χ4n) is 0.603. The van der Waals surface area contributed by atoms with Crippen LogP contribution in [0.1, 0.15) is 13.8 Å². The van der Waals surface area contributed by atoms with E-state index in [0.29, 0.717) is 5.70 Å². The number of nitrogens with two attached hydrogens (primary N) is 2. The second kappa shape index (κ2) is 5.80. The van der Waals surface area contributed by atoms with Crippen molar-refractivity contribution < 1.29 is 0 Å². The van der Waals surface area contributed by atoms with Crippen molar-refractivity contribution in [3.8, 4) is 0 Å². The third kappa shape index (κ3) is 6.93. The van der Waals surface area contributed by atoms with Gasteiger partial charge in [0, 0.05) is 24.5 Å². The maximum Gasteiger partial charge on any atom is 0.0470 e. The zero-order valence-electron chi connectivity index (χ0n) is 7.17. The molecule has 1 atom stereocenters. The Hall–Kier alpha value is -0.960. The molecule has 0 radical (unpaired) electrons. The average Bonchev–Trinajstić information content (AvgIpc) is 1.87. The number of hydrogen-bond donors (Lipinski definition) is 3. The van der Waals surface area contributed by atoms with Crippen molar-refractivity contribution in [2.45, 2.75) is 19.9 Å². The fourth-order valence-corrected chi connectivity index (χ4v) is 0.603. The van der Waals surface area contributed by atoms with E-state index in [1.807, 2.05) is 26.0 Å². The van der Waals surface area contributed by atoms with E-state index in [2.05, 4.69) is 5.32 Å². The smallest absolute Gasteiger partial charge is 0.0470 e. The molecule has 3 nitrogen and oxygen atoms in total. The van der Waals surface area contributed by atoms with Crippen molar-refractivity contribution in [2.24, 2.45) is 11.5 Å². The van der Waals surface area contributed by atoms with Crippen molar-refractivity contribution in [1.29, 1.82) is 0 Å². The summed E-state index contributed by atoms with van der Waals surface area (Å²) in [5.41, 5.74) is 11.8. The molecule has 0 heterocycles. The van der Waals surface area contributed by atoms with Crippen LogP contribution in [0.25, 0.3) is 0 Å². The minimum Gasteiger partial charge on any atom is -0.398 e. The van der Waals surface area contributed by atoms with Gasteiger partial charge in [-0.25, -0.2) is 0 Å². The molecule has 5 N–H and O–H groups in total. The first-order chi connectivity index (χ1) is 5.16. The third-order valence-electron chi connectivity index (χ3n) is 1.07. The Morgan fingerprint density at radius 3 is 2.73 bits per heavy atom. The van der Waals surface area contributed by atoms with Gasteiger partial charge in [-0.05, 0) is 19.9 Å². The van der Waals surface area contributed by atoms with E-state index >= 15 is 0 Å². The molecule has 3 heteroatoms. The number of allylic oxidation sites excluding steroid dienone is 2. The van der Waals surface area contributed by atoms with Crippen molar-refractivity contribution >= 4 is 0 Å². The highest BCUT2D eigenvalue weighted by Gasteiger charge is 1.88.